The van der Waals surface area contributed by atoms with Crippen LogP contribution < -0.4 is 32.3 Å². The van der Waals surface area contributed by atoms with Crippen LogP contribution in [0.15, 0.2) is 24.3 Å². The van der Waals surface area contributed by atoms with Crippen molar-refractivity contribution in [1.29, 1.82) is 0 Å². The van der Waals surface area contributed by atoms with Gasteiger partial charge in [0.1, 0.15) is 48.1 Å². The Labute approximate surface area is 515 Å². The third kappa shape index (κ3) is 24.3. The summed E-state index contributed by atoms with van der Waals surface area (Å²) in [6.45, 7) is 9.35. The first-order valence-corrected chi connectivity index (χ1v) is 31.0. The number of rotatable bonds is 33. The summed E-state index contributed by atoms with van der Waals surface area (Å²) < 4.78 is 27.5. The molecule has 3 heterocycles. The number of methoxy groups -OCH3 is 1. The van der Waals surface area contributed by atoms with E-state index in [2.05, 4.69) is 47.4 Å². The van der Waals surface area contributed by atoms with Crippen LogP contribution in [0.2, 0.25) is 0 Å². The first kappa shape index (κ1) is 74.8. The Hall–Kier alpha value is -5.66. The van der Waals surface area contributed by atoms with Gasteiger partial charge in [-0.25, -0.2) is 0 Å². The zero-order chi connectivity index (χ0) is 65.0. The summed E-state index contributed by atoms with van der Waals surface area (Å²) in [6, 6.07) is -6.04. The van der Waals surface area contributed by atoms with Crippen molar-refractivity contribution >= 4 is 47.3 Å². The molecule has 14 N–H and O–H groups in total. The number of hydrogen-bond donors (Lipinski definition) is 13. The van der Waals surface area contributed by atoms with Gasteiger partial charge in [-0.05, 0) is 55.7 Å². The van der Waals surface area contributed by atoms with Crippen molar-refractivity contribution in [2.24, 2.45) is 23.5 Å². The first-order valence-electron chi connectivity index (χ1n) is 31.0. The van der Waals surface area contributed by atoms with E-state index in [1.54, 1.807) is 7.11 Å². The Balaban J connectivity index is 1.74. The molecule has 88 heavy (non-hydrogen) atoms. The fourth-order valence-corrected chi connectivity index (χ4v) is 11.1. The lowest BCUT2D eigenvalue weighted by atomic mass is 9.89. The number of fused-ring (bicyclic) bond motifs is 2. The molecule has 0 bridgehead atoms. The number of carbonyl (C=O) groups is 8. The lowest BCUT2D eigenvalue weighted by Crippen LogP contribution is -2.63. The molecular formula is C60H100N8O20. The summed E-state index contributed by atoms with van der Waals surface area (Å²) in [4.78, 5) is 116. The quantitative estimate of drug-likeness (QED) is 0.0362. The zero-order valence-electron chi connectivity index (χ0n) is 51.9. The van der Waals surface area contributed by atoms with E-state index in [0.29, 0.717) is 44.5 Å². The fourth-order valence-electron chi connectivity index (χ4n) is 11.1. The molecule has 3 aliphatic rings. The van der Waals surface area contributed by atoms with Crippen LogP contribution in [0.1, 0.15) is 136 Å². The predicted molar refractivity (Wildman–Crippen MR) is 317 cm³/mol. The van der Waals surface area contributed by atoms with Crippen LogP contribution >= 0.6 is 0 Å². The monoisotopic (exact) mass is 1250 g/mol. The highest BCUT2D eigenvalue weighted by atomic mass is 16.6. The highest BCUT2D eigenvalue weighted by Gasteiger charge is 2.49. The maximum absolute atomic E-state index is 14.8. The summed E-state index contributed by atoms with van der Waals surface area (Å²) >= 11 is 0. The van der Waals surface area contributed by atoms with Crippen molar-refractivity contribution in [2.75, 3.05) is 73.1 Å². The molecule has 0 radical (unpaired) electrons. The molecule has 0 aromatic heterocycles. The Morgan fingerprint density at radius 1 is 0.682 bits per heavy atom. The van der Waals surface area contributed by atoms with Gasteiger partial charge < -0.3 is 102 Å². The number of phenolic OH excluding ortho intramolecular Hbond substituents is 1. The number of phenols is 1. The minimum absolute atomic E-state index is 0.0624. The van der Waals surface area contributed by atoms with Crippen molar-refractivity contribution in [3.63, 3.8) is 0 Å². The summed E-state index contributed by atoms with van der Waals surface area (Å²) in [5, 5.41) is 91.4. The molecule has 0 aliphatic carbocycles. The summed E-state index contributed by atoms with van der Waals surface area (Å²) in [6.07, 6.45) is -6.24. The molecule has 3 fully saturated rings. The average molecular weight is 1250 g/mol. The van der Waals surface area contributed by atoms with Crippen LogP contribution in [0.5, 0.6) is 5.75 Å². The topological polar surface area (TPSA) is 417 Å². The molecular weight excluding hydrogens is 1150 g/mol. The van der Waals surface area contributed by atoms with Gasteiger partial charge in [0.05, 0.1) is 89.8 Å². The molecule has 16 atom stereocenters. The maximum atomic E-state index is 14.8. The standard InChI is InChI=1S/C60H100N8O20/c1-7-35(2)30-36(3)14-12-10-8-9-11-13-15-48(76)62-42-32-46(74)58(88-29-28-87-27-26-86-25-24-85-23-22-84-6)66-57(81)52-44(72)20-21-67(52)60(83)51(45(73)33-47(61)75)65-56(80)49(37(4)53(77)39-16-18-40(70)19-17-39)63-55(79)43-31-41(71)34-68(43)59(82)50(38(5)69)64-54(42)78/h16-19,35-38,41-46,49-53,58,69-74,77H,7-15,20-34H2,1-6H3,(H2,61,75)(H,62,76)(H,63,79)(H,64,78)(H,65,80)(H,66,81)/t35?,36?,37-,38+,41+,42-,43?,44-,45+,46+,49?,50?,51?,52?,53+,58+/m0/s1. The van der Waals surface area contributed by atoms with Crippen LogP contribution in [0.4, 0.5) is 0 Å². The summed E-state index contributed by atoms with van der Waals surface area (Å²) in [7, 11) is 1.55. The molecule has 28 heteroatoms. The van der Waals surface area contributed by atoms with Crippen molar-refractivity contribution in [3.8, 4) is 5.75 Å². The van der Waals surface area contributed by atoms with Gasteiger partial charge in [-0.1, -0.05) is 84.8 Å². The number of unbranched alkanes of at least 4 members (excludes halogenated alkanes) is 5. The van der Waals surface area contributed by atoms with E-state index in [-0.39, 0.29) is 57.2 Å². The third-order valence-corrected chi connectivity index (χ3v) is 16.3. The lowest BCUT2D eigenvalue weighted by molar-refractivity contribution is -0.150. The number of hydrogen-bond acceptors (Lipinski definition) is 20. The number of aliphatic hydroxyl groups excluding tert-OH is 6. The van der Waals surface area contributed by atoms with Gasteiger partial charge in [-0.2, -0.15) is 0 Å². The molecule has 28 nitrogen and oxygen atoms in total. The number of ether oxygens (including phenoxy) is 5. The molecule has 3 aliphatic heterocycles. The first-order chi connectivity index (χ1) is 41.9. The number of nitrogens with two attached hydrogens (primary N) is 1. The Bertz CT molecular complexity index is 2340. The van der Waals surface area contributed by atoms with Crippen LogP contribution in [-0.2, 0) is 62.0 Å². The van der Waals surface area contributed by atoms with E-state index in [1.807, 2.05) is 0 Å². The molecule has 0 spiro atoms. The molecule has 500 valence electrons. The van der Waals surface area contributed by atoms with E-state index in [4.69, 9.17) is 29.4 Å². The Morgan fingerprint density at radius 3 is 1.88 bits per heavy atom. The fraction of sp³-hybridized carbons (Fsp3) is 0.767. The van der Waals surface area contributed by atoms with E-state index < -0.39 is 165 Å². The minimum atomic E-state index is -2.16. The van der Waals surface area contributed by atoms with Crippen molar-refractivity contribution in [2.45, 2.75) is 204 Å². The van der Waals surface area contributed by atoms with Crippen LogP contribution in [0.3, 0.4) is 0 Å². The highest BCUT2D eigenvalue weighted by Crippen LogP contribution is 2.29. The van der Waals surface area contributed by atoms with Crippen molar-refractivity contribution in [1.82, 2.24) is 36.4 Å². The normalized spacial score (nSPS) is 26.5. The molecule has 1 aromatic rings. The second kappa shape index (κ2) is 38.8. The molecule has 8 amide bonds. The van der Waals surface area contributed by atoms with Gasteiger partial charge in [0.15, 0.2) is 6.23 Å². The predicted octanol–water partition coefficient (Wildman–Crippen LogP) is -1.35. The number of carbonyl (C=O) groups excluding carboxylic acids is 8. The third-order valence-electron chi connectivity index (χ3n) is 16.3. The molecule has 0 saturated carbocycles. The van der Waals surface area contributed by atoms with E-state index >= 15 is 0 Å². The molecule has 4 rings (SSSR count). The van der Waals surface area contributed by atoms with Gasteiger partial charge in [-0.3, -0.25) is 38.4 Å². The van der Waals surface area contributed by atoms with Gasteiger partial charge in [-0.15, -0.1) is 0 Å². The number of benzene rings is 1. The minimum Gasteiger partial charge on any atom is -0.508 e. The van der Waals surface area contributed by atoms with E-state index in [0.717, 1.165) is 55.2 Å². The average Bonchev–Trinajstić information content (AvgIpc) is 3.61. The number of amides is 8. The maximum Gasteiger partial charge on any atom is 0.248 e. The number of aliphatic hydroxyl groups is 6. The van der Waals surface area contributed by atoms with E-state index in [9.17, 15) is 74.1 Å². The van der Waals surface area contributed by atoms with Crippen molar-refractivity contribution in [3.05, 3.63) is 29.8 Å². The number of nitrogens with one attached hydrogen (secondary N) is 5. The highest BCUT2D eigenvalue weighted by molar-refractivity contribution is 5.98. The van der Waals surface area contributed by atoms with Crippen LogP contribution in [0, 0.1) is 17.8 Å². The van der Waals surface area contributed by atoms with E-state index in [1.165, 1.54) is 37.6 Å². The molecule has 1 aromatic carbocycles. The number of aromatic hydroxyl groups is 1. The second-order valence-electron chi connectivity index (χ2n) is 23.6. The van der Waals surface area contributed by atoms with Gasteiger partial charge in [0.2, 0.25) is 47.3 Å². The summed E-state index contributed by atoms with van der Waals surface area (Å²) in [5.74, 6) is -9.01. The smallest absolute Gasteiger partial charge is 0.248 e. The van der Waals surface area contributed by atoms with Gasteiger partial charge in [0, 0.05) is 45.4 Å². The van der Waals surface area contributed by atoms with Crippen molar-refractivity contribution < 1.29 is 97.8 Å². The Morgan fingerprint density at radius 2 is 1.26 bits per heavy atom. The second-order valence-corrected chi connectivity index (χ2v) is 23.6. The van der Waals surface area contributed by atoms with Crippen LogP contribution in [-0.4, -0.2) is 239 Å². The number of primary amides is 1. The van der Waals surface area contributed by atoms with Gasteiger partial charge >= 0.3 is 0 Å². The zero-order valence-corrected chi connectivity index (χ0v) is 51.9. The lowest BCUT2D eigenvalue weighted by Gasteiger charge is -2.35. The molecule has 7 unspecified atom stereocenters. The SMILES string of the molecule is CCC(C)CC(C)CCCCCCCCC(=O)N[C@H]1C[C@@H](O)[C@@H](OCCOCCOCCOCCOC)NC(=O)C2[C@@H](O)CCN2C(=O)C([C@H](O)CC(N)=O)NC(=O)C([C@H](C)[C@@H](O)c2ccc(O)cc2)NC(=O)C2C[C@@H](O)CN2C(=O)C([C@@H](C)O)NC1=O. The summed E-state index contributed by atoms with van der Waals surface area (Å²) in [5.41, 5.74) is 5.59. The van der Waals surface area contributed by atoms with Gasteiger partial charge in [0.25, 0.3) is 0 Å². The van der Waals surface area contributed by atoms with Crippen LogP contribution in [0.25, 0.3) is 0 Å². The Kier molecular flexibility index (Phi) is 33.0. The number of nitrogens with zero attached hydrogens (tertiary/aromatic N) is 2. The largest absolute Gasteiger partial charge is 0.508 e. The molecule has 3 saturated heterocycles.